The zero-order valence-electron chi connectivity index (χ0n) is 20.7. The molecule has 6 rings (SSSR count). The first-order valence-corrected chi connectivity index (χ1v) is 13.6. The third kappa shape index (κ3) is 4.19. The number of nitrogens with zero attached hydrogens (tertiary/aromatic N) is 5. The van der Waals surface area contributed by atoms with Gasteiger partial charge in [0.05, 0.1) is 23.3 Å². The molecule has 6 aromatic rings. The first-order valence-electron chi connectivity index (χ1n) is 12.0. The Balaban J connectivity index is 1.55. The second-order valence-corrected chi connectivity index (χ2v) is 10.4. The maximum Gasteiger partial charge on any atom is 0.297 e. The minimum atomic E-state index is -0.181. The number of hydrogen-bond donors (Lipinski definition) is 1. The lowest BCUT2D eigenvalue weighted by atomic mass is 10.2. The zero-order valence-corrected chi connectivity index (χ0v) is 23.1. The molecule has 0 radical (unpaired) electrons. The molecule has 0 unspecified atom stereocenters. The van der Waals surface area contributed by atoms with E-state index in [-0.39, 0.29) is 5.56 Å². The molecule has 0 aliphatic heterocycles. The van der Waals surface area contributed by atoms with Crippen molar-refractivity contribution < 1.29 is 0 Å². The van der Waals surface area contributed by atoms with Crippen LogP contribution < -0.4 is 10.4 Å². The van der Waals surface area contributed by atoms with E-state index >= 15 is 0 Å². The Morgan fingerprint density at radius 3 is 2.53 bits per heavy atom. The number of H-pyrrole nitrogens is 1. The lowest BCUT2D eigenvalue weighted by molar-refractivity contribution is 0.630. The molecule has 3 aromatic heterocycles. The third-order valence-corrected chi connectivity index (χ3v) is 8.01. The Morgan fingerprint density at radius 2 is 1.71 bits per heavy atom. The van der Waals surface area contributed by atoms with Gasteiger partial charge in [-0.1, -0.05) is 70.5 Å². The Labute approximate surface area is 230 Å². The van der Waals surface area contributed by atoms with Crippen molar-refractivity contribution in [1.29, 1.82) is 0 Å². The van der Waals surface area contributed by atoms with E-state index in [1.54, 1.807) is 9.36 Å². The summed E-state index contributed by atoms with van der Waals surface area (Å²) in [7, 11) is 1.87. The predicted molar refractivity (Wildman–Crippen MR) is 158 cm³/mol. The number of hydrogen-bond acceptors (Lipinski definition) is 4. The van der Waals surface area contributed by atoms with Crippen LogP contribution in [0.2, 0.25) is 0 Å². The maximum absolute atomic E-state index is 13.5. The normalized spacial score (nSPS) is 12.2. The molecule has 3 aromatic carbocycles. The van der Waals surface area contributed by atoms with Crippen LogP contribution in [0.3, 0.4) is 0 Å². The smallest absolute Gasteiger partial charge is 0.297 e. The first-order chi connectivity index (χ1) is 18.5. The van der Waals surface area contributed by atoms with Gasteiger partial charge in [0.2, 0.25) is 4.80 Å². The van der Waals surface area contributed by atoms with Gasteiger partial charge >= 0.3 is 0 Å². The van der Waals surface area contributed by atoms with E-state index in [2.05, 4.69) is 27.0 Å². The quantitative estimate of drug-likeness (QED) is 0.235. The van der Waals surface area contributed by atoms with E-state index in [1.165, 1.54) is 11.3 Å². The fourth-order valence-corrected chi connectivity index (χ4v) is 5.76. The van der Waals surface area contributed by atoms with Crippen LogP contribution in [0.1, 0.15) is 11.3 Å². The van der Waals surface area contributed by atoms with Gasteiger partial charge in [0.1, 0.15) is 0 Å². The van der Waals surface area contributed by atoms with Crippen molar-refractivity contribution in [3.63, 3.8) is 0 Å². The van der Waals surface area contributed by atoms with Crippen molar-refractivity contribution in [2.45, 2.75) is 6.92 Å². The SMILES string of the molecule is Cc1c(N=c2scc(-c3ccccc3Br)n2N=Cc2c[nH]c3ccccc23)c(=O)n(-c2ccccc2)n1C. The number of para-hydroxylation sites is 2. The number of nitrogens with one attached hydrogen (secondary N) is 1. The standard InChI is InChI=1S/C29H23BrN6OS/c1-19-27(28(37)36(34(19)2)21-10-4-3-5-11-21)33-29-35(26(18-38-29)23-13-6-8-14-24(23)30)32-17-20-16-31-25-15-9-7-12-22(20)25/h3-18,31H,1-2H3. The molecule has 0 atom stereocenters. The second kappa shape index (κ2) is 9.92. The van der Waals surface area contributed by atoms with E-state index in [9.17, 15) is 4.79 Å². The van der Waals surface area contributed by atoms with Crippen LogP contribution in [0.4, 0.5) is 5.69 Å². The fourth-order valence-electron chi connectivity index (χ4n) is 4.44. The van der Waals surface area contributed by atoms with Gasteiger partial charge in [-0.15, -0.1) is 11.3 Å². The van der Waals surface area contributed by atoms with E-state index in [1.807, 2.05) is 109 Å². The zero-order chi connectivity index (χ0) is 26.2. The Hall–Kier alpha value is -4.21. The van der Waals surface area contributed by atoms with Crippen LogP contribution in [0.25, 0.3) is 27.8 Å². The first kappa shape index (κ1) is 24.1. The molecule has 0 aliphatic carbocycles. The highest BCUT2D eigenvalue weighted by atomic mass is 79.9. The van der Waals surface area contributed by atoms with Gasteiger partial charge in [-0.2, -0.15) is 5.10 Å². The molecule has 9 heteroatoms. The molecule has 0 aliphatic rings. The van der Waals surface area contributed by atoms with Gasteiger partial charge in [0, 0.05) is 45.1 Å². The summed E-state index contributed by atoms with van der Waals surface area (Å²) in [4.78, 5) is 22.3. The molecule has 0 saturated heterocycles. The number of aromatic nitrogens is 4. The highest BCUT2D eigenvalue weighted by molar-refractivity contribution is 9.10. The molecule has 0 spiro atoms. The summed E-state index contributed by atoms with van der Waals surface area (Å²) in [5, 5.41) is 7.97. The van der Waals surface area contributed by atoms with Gasteiger partial charge in [-0.3, -0.25) is 9.48 Å². The molecule has 7 nitrogen and oxygen atoms in total. The number of fused-ring (bicyclic) bond motifs is 1. The summed E-state index contributed by atoms with van der Waals surface area (Å²) in [6.07, 6.45) is 3.76. The number of thiazole rings is 1. The average molecular weight is 584 g/mol. The van der Waals surface area contributed by atoms with Gasteiger partial charge in [-0.25, -0.2) is 14.4 Å². The van der Waals surface area contributed by atoms with Gasteiger partial charge in [0.25, 0.3) is 5.56 Å². The van der Waals surface area contributed by atoms with Crippen molar-refractivity contribution in [2.24, 2.45) is 17.1 Å². The fraction of sp³-hybridized carbons (Fsp3) is 0.0690. The Morgan fingerprint density at radius 1 is 0.974 bits per heavy atom. The summed E-state index contributed by atoms with van der Waals surface area (Å²) < 4.78 is 6.21. The molecule has 0 amide bonds. The third-order valence-electron chi connectivity index (χ3n) is 6.50. The maximum atomic E-state index is 13.5. The van der Waals surface area contributed by atoms with Crippen LogP contribution in [-0.2, 0) is 7.05 Å². The van der Waals surface area contributed by atoms with Crippen LogP contribution in [0, 0.1) is 6.92 Å². The van der Waals surface area contributed by atoms with Crippen molar-refractivity contribution in [1.82, 2.24) is 19.0 Å². The van der Waals surface area contributed by atoms with Crippen molar-refractivity contribution in [3.05, 3.63) is 121 Å². The average Bonchev–Trinajstić information content (AvgIpc) is 3.59. The summed E-state index contributed by atoms with van der Waals surface area (Å²) in [6.45, 7) is 1.90. The van der Waals surface area contributed by atoms with Crippen molar-refractivity contribution in [2.75, 3.05) is 0 Å². The highest BCUT2D eigenvalue weighted by Gasteiger charge is 2.17. The molecule has 0 saturated carbocycles. The van der Waals surface area contributed by atoms with E-state index in [4.69, 9.17) is 10.1 Å². The Bertz CT molecular complexity index is 1940. The van der Waals surface area contributed by atoms with E-state index in [0.29, 0.717) is 10.5 Å². The lowest BCUT2D eigenvalue weighted by Gasteiger charge is -2.07. The summed E-state index contributed by atoms with van der Waals surface area (Å²) in [6, 6.07) is 25.7. The molecule has 1 N–H and O–H groups in total. The number of aromatic amines is 1. The van der Waals surface area contributed by atoms with Crippen molar-refractivity contribution >= 4 is 50.1 Å². The highest BCUT2D eigenvalue weighted by Crippen LogP contribution is 2.29. The number of rotatable bonds is 5. The molecule has 188 valence electrons. The lowest BCUT2D eigenvalue weighted by Crippen LogP contribution is -2.19. The minimum Gasteiger partial charge on any atom is -0.361 e. The van der Waals surface area contributed by atoms with E-state index < -0.39 is 0 Å². The molecule has 0 bridgehead atoms. The van der Waals surface area contributed by atoms with Gasteiger partial charge < -0.3 is 4.98 Å². The number of benzene rings is 3. The van der Waals surface area contributed by atoms with E-state index in [0.717, 1.165) is 43.6 Å². The monoisotopic (exact) mass is 582 g/mol. The molecule has 38 heavy (non-hydrogen) atoms. The molecular weight excluding hydrogens is 560 g/mol. The molecule has 3 heterocycles. The predicted octanol–water partition coefficient (Wildman–Crippen LogP) is 6.37. The van der Waals surface area contributed by atoms with Crippen LogP contribution >= 0.6 is 27.3 Å². The van der Waals surface area contributed by atoms with Gasteiger partial charge in [0.15, 0.2) is 5.69 Å². The topological polar surface area (TPSA) is 72.4 Å². The largest absolute Gasteiger partial charge is 0.361 e. The minimum absolute atomic E-state index is 0.181. The summed E-state index contributed by atoms with van der Waals surface area (Å²) in [5.74, 6) is 0. The Kier molecular flexibility index (Phi) is 6.30. The molecule has 0 fully saturated rings. The molecular formula is C29H23BrN6OS. The summed E-state index contributed by atoms with van der Waals surface area (Å²) in [5.41, 5.74) is 5.61. The van der Waals surface area contributed by atoms with Crippen molar-refractivity contribution in [3.8, 4) is 16.9 Å². The number of halogens is 1. The second-order valence-electron chi connectivity index (χ2n) is 8.75. The summed E-state index contributed by atoms with van der Waals surface area (Å²) >= 11 is 5.11. The van der Waals surface area contributed by atoms with Gasteiger partial charge in [-0.05, 0) is 31.2 Å². The van der Waals surface area contributed by atoms with Crippen LogP contribution in [0.5, 0.6) is 0 Å². The van der Waals surface area contributed by atoms with Crippen LogP contribution in [-0.4, -0.2) is 25.2 Å². The van der Waals surface area contributed by atoms with Crippen LogP contribution in [0.15, 0.2) is 110 Å².